The molecule has 2 aromatic carbocycles. The molecule has 0 bridgehead atoms. The standard InChI is InChI=1S/C27H36N2O8SSi/c1-32-20-14-12-18-11-13-19-24(23(18)25(20)35-4)37-28-27(19)29(17-36-15-16-39(5,6)7)38(30,31)26-21(33-2)9-8-10-22(26)34-3/h8-10,12,14H,11,13,15-17H2,1-7H3. The Hall–Kier alpha value is -3.22. The number of rotatable bonds is 12. The van der Waals surface area contributed by atoms with E-state index in [0.717, 1.165) is 15.9 Å². The van der Waals surface area contributed by atoms with Gasteiger partial charge in [-0.3, -0.25) is 0 Å². The second-order valence-electron chi connectivity index (χ2n) is 10.3. The fourth-order valence-electron chi connectivity index (χ4n) is 4.55. The Morgan fingerprint density at radius 3 is 2.18 bits per heavy atom. The van der Waals surface area contributed by atoms with Crippen LogP contribution in [0.3, 0.4) is 0 Å². The molecule has 0 spiro atoms. The molecule has 0 atom stereocenters. The van der Waals surface area contributed by atoms with E-state index in [1.807, 2.05) is 12.1 Å². The van der Waals surface area contributed by atoms with Crippen LogP contribution in [-0.4, -0.2) is 63.4 Å². The number of benzene rings is 2. The van der Waals surface area contributed by atoms with Crippen LogP contribution in [0.1, 0.15) is 11.1 Å². The normalized spacial score (nSPS) is 12.9. The first-order valence-electron chi connectivity index (χ1n) is 12.6. The minimum absolute atomic E-state index is 0.115. The molecule has 4 rings (SSSR count). The number of hydrogen-bond acceptors (Lipinski definition) is 9. The molecule has 1 aliphatic carbocycles. The molecule has 1 heterocycles. The van der Waals surface area contributed by atoms with Crippen molar-refractivity contribution in [3.63, 3.8) is 0 Å². The third-order valence-electron chi connectivity index (χ3n) is 6.64. The van der Waals surface area contributed by atoms with Gasteiger partial charge in [0.15, 0.2) is 28.0 Å². The zero-order chi connectivity index (χ0) is 28.4. The number of methoxy groups -OCH3 is 4. The summed E-state index contributed by atoms with van der Waals surface area (Å²) >= 11 is 0. The Bertz CT molecular complexity index is 1410. The number of nitrogens with zero attached hydrogens (tertiary/aromatic N) is 2. The summed E-state index contributed by atoms with van der Waals surface area (Å²) in [5.74, 6) is 1.94. The van der Waals surface area contributed by atoms with Crippen molar-refractivity contribution in [2.75, 3.05) is 46.1 Å². The van der Waals surface area contributed by atoms with Crippen LogP contribution in [0.5, 0.6) is 23.0 Å². The first-order chi connectivity index (χ1) is 18.6. The number of sulfonamides is 1. The van der Waals surface area contributed by atoms with Crippen molar-refractivity contribution in [2.45, 2.75) is 43.4 Å². The average Bonchev–Trinajstić information content (AvgIpc) is 3.34. The van der Waals surface area contributed by atoms with Crippen LogP contribution < -0.4 is 23.3 Å². The third kappa shape index (κ3) is 5.59. The van der Waals surface area contributed by atoms with E-state index in [4.69, 9.17) is 28.2 Å². The lowest BCUT2D eigenvalue weighted by atomic mass is 9.89. The number of hydrogen-bond donors (Lipinski definition) is 0. The molecule has 0 radical (unpaired) electrons. The van der Waals surface area contributed by atoms with Gasteiger partial charge in [-0.15, -0.1) is 0 Å². The Morgan fingerprint density at radius 1 is 0.923 bits per heavy atom. The first kappa shape index (κ1) is 28.8. The zero-order valence-corrected chi connectivity index (χ0v) is 25.3. The van der Waals surface area contributed by atoms with E-state index in [9.17, 15) is 8.42 Å². The number of ether oxygens (including phenoxy) is 5. The van der Waals surface area contributed by atoms with Crippen LogP contribution in [0.25, 0.3) is 11.3 Å². The van der Waals surface area contributed by atoms with Gasteiger partial charge in [0, 0.05) is 20.2 Å². The zero-order valence-electron chi connectivity index (χ0n) is 23.5. The summed E-state index contributed by atoms with van der Waals surface area (Å²) in [6, 6.07) is 9.49. The van der Waals surface area contributed by atoms with E-state index in [1.54, 1.807) is 32.4 Å². The largest absolute Gasteiger partial charge is 0.495 e. The lowest BCUT2D eigenvalue weighted by Gasteiger charge is -2.26. The van der Waals surface area contributed by atoms with Gasteiger partial charge in [-0.2, -0.15) is 0 Å². The van der Waals surface area contributed by atoms with E-state index < -0.39 is 18.1 Å². The fourth-order valence-corrected chi connectivity index (χ4v) is 6.93. The smallest absolute Gasteiger partial charge is 0.274 e. The minimum atomic E-state index is -4.27. The highest BCUT2D eigenvalue weighted by molar-refractivity contribution is 7.93. The summed E-state index contributed by atoms with van der Waals surface area (Å²) in [7, 11) is 0.262. The molecule has 0 N–H and O–H groups in total. The topological polar surface area (TPSA) is 110 Å². The summed E-state index contributed by atoms with van der Waals surface area (Å²) < 4.78 is 63.6. The molecule has 10 nitrogen and oxygen atoms in total. The predicted molar refractivity (Wildman–Crippen MR) is 151 cm³/mol. The molecule has 0 aliphatic heterocycles. The van der Waals surface area contributed by atoms with Crippen LogP contribution in [0.15, 0.2) is 39.8 Å². The van der Waals surface area contributed by atoms with Gasteiger partial charge in [0.2, 0.25) is 0 Å². The molecule has 1 aliphatic rings. The maximum absolute atomic E-state index is 14.3. The highest BCUT2D eigenvalue weighted by Gasteiger charge is 2.38. The van der Waals surface area contributed by atoms with Gasteiger partial charge in [-0.25, -0.2) is 12.7 Å². The number of fused-ring (bicyclic) bond motifs is 3. The summed E-state index contributed by atoms with van der Waals surface area (Å²) in [5, 5.41) is 4.28. The Kier molecular flexibility index (Phi) is 8.47. The molecule has 1 aromatic heterocycles. The van der Waals surface area contributed by atoms with Crippen molar-refractivity contribution in [1.82, 2.24) is 5.16 Å². The lowest BCUT2D eigenvalue weighted by molar-refractivity contribution is 0.155. The van der Waals surface area contributed by atoms with E-state index in [-0.39, 0.29) is 28.9 Å². The van der Waals surface area contributed by atoms with Crippen LogP contribution in [-0.2, 0) is 27.6 Å². The number of aromatic nitrogens is 1. The Balaban J connectivity index is 1.85. The molecule has 0 unspecified atom stereocenters. The average molecular weight is 577 g/mol. The van der Waals surface area contributed by atoms with Crippen molar-refractivity contribution in [3.05, 3.63) is 41.5 Å². The van der Waals surface area contributed by atoms with Crippen molar-refractivity contribution in [1.29, 1.82) is 0 Å². The van der Waals surface area contributed by atoms with Gasteiger partial charge in [-0.05, 0) is 42.6 Å². The monoisotopic (exact) mass is 576 g/mol. The summed E-state index contributed by atoms with van der Waals surface area (Å²) in [6.45, 7) is 6.86. The van der Waals surface area contributed by atoms with Crippen LogP contribution in [0.4, 0.5) is 5.82 Å². The van der Waals surface area contributed by atoms with Crippen molar-refractivity contribution >= 4 is 23.9 Å². The van der Waals surface area contributed by atoms with E-state index >= 15 is 0 Å². The van der Waals surface area contributed by atoms with Gasteiger partial charge >= 0.3 is 0 Å². The van der Waals surface area contributed by atoms with E-state index in [0.29, 0.717) is 47.8 Å². The third-order valence-corrected chi connectivity index (χ3v) is 10.1. The highest BCUT2D eigenvalue weighted by Crippen LogP contribution is 2.48. The molecular weight excluding hydrogens is 540 g/mol. The van der Waals surface area contributed by atoms with Crippen LogP contribution in [0, 0.1) is 0 Å². The quantitative estimate of drug-likeness (QED) is 0.167. The van der Waals surface area contributed by atoms with Gasteiger partial charge in [0.05, 0.1) is 34.0 Å². The molecule has 39 heavy (non-hydrogen) atoms. The van der Waals surface area contributed by atoms with Gasteiger partial charge in [-0.1, -0.05) is 36.9 Å². The van der Waals surface area contributed by atoms with Crippen LogP contribution in [0.2, 0.25) is 25.7 Å². The SMILES string of the molecule is COc1ccc2c(c1OC)-c1onc(N(COCC[Si](C)(C)C)S(=O)(=O)c3c(OC)cccc3OC)c1CC2. The molecule has 3 aromatic rings. The maximum atomic E-state index is 14.3. The molecule has 0 saturated heterocycles. The highest BCUT2D eigenvalue weighted by atomic mass is 32.2. The molecule has 212 valence electrons. The van der Waals surface area contributed by atoms with Crippen molar-refractivity contribution in [2.24, 2.45) is 0 Å². The predicted octanol–water partition coefficient (Wildman–Crippen LogP) is 4.98. The molecule has 12 heteroatoms. The number of anilines is 1. The molecule has 0 fully saturated rings. The Morgan fingerprint density at radius 2 is 1.59 bits per heavy atom. The second-order valence-corrected chi connectivity index (χ2v) is 17.8. The fraction of sp³-hybridized carbons (Fsp3) is 0.444. The molecular formula is C27H36N2O8SSi. The summed E-state index contributed by atoms with van der Waals surface area (Å²) in [5.41, 5.74) is 2.33. The lowest BCUT2D eigenvalue weighted by Crippen LogP contribution is -2.35. The van der Waals surface area contributed by atoms with E-state index in [2.05, 4.69) is 24.8 Å². The van der Waals surface area contributed by atoms with Crippen molar-refractivity contribution in [3.8, 4) is 34.3 Å². The first-order valence-corrected chi connectivity index (χ1v) is 17.8. The molecule has 0 amide bonds. The second kappa shape index (κ2) is 11.5. The molecule has 0 saturated carbocycles. The maximum Gasteiger partial charge on any atom is 0.274 e. The van der Waals surface area contributed by atoms with E-state index in [1.165, 1.54) is 14.2 Å². The van der Waals surface area contributed by atoms with Gasteiger partial charge in [0.1, 0.15) is 18.2 Å². The number of aryl methyl sites for hydroxylation is 1. The Labute approximate surface area is 230 Å². The summed E-state index contributed by atoms with van der Waals surface area (Å²) in [4.78, 5) is -0.115. The summed E-state index contributed by atoms with van der Waals surface area (Å²) in [6.07, 6.45) is 1.15. The van der Waals surface area contributed by atoms with Gasteiger partial charge in [0.25, 0.3) is 10.0 Å². The van der Waals surface area contributed by atoms with Crippen molar-refractivity contribution < 1.29 is 36.6 Å². The van der Waals surface area contributed by atoms with Gasteiger partial charge < -0.3 is 28.2 Å². The van der Waals surface area contributed by atoms with Crippen LogP contribution >= 0.6 is 0 Å². The minimum Gasteiger partial charge on any atom is -0.495 e.